The van der Waals surface area contributed by atoms with Crippen molar-refractivity contribution in [1.82, 2.24) is 5.32 Å². The zero-order chi connectivity index (χ0) is 12.1. The molecule has 0 radical (unpaired) electrons. The third kappa shape index (κ3) is 3.42. The Labute approximate surface area is 97.2 Å². The van der Waals surface area contributed by atoms with E-state index in [0.717, 1.165) is 5.57 Å². The van der Waals surface area contributed by atoms with Crippen molar-refractivity contribution in [2.24, 2.45) is 5.92 Å². The highest BCUT2D eigenvalue weighted by atomic mass is 19.1. The second-order valence-electron chi connectivity index (χ2n) is 4.63. The fourth-order valence-electron chi connectivity index (χ4n) is 1.94. The molecule has 0 aromatic carbocycles. The molecular formula is C13H22FNO. The average molecular weight is 227 g/mol. The van der Waals surface area contributed by atoms with E-state index in [1.165, 1.54) is 5.57 Å². The summed E-state index contributed by atoms with van der Waals surface area (Å²) in [6.45, 7) is 6.70. The number of rotatable bonds is 5. The molecule has 2 N–H and O–H groups in total. The molecule has 0 aromatic heterocycles. The van der Waals surface area contributed by atoms with Crippen LogP contribution in [-0.2, 0) is 0 Å². The first-order valence-electron chi connectivity index (χ1n) is 5.95. The summed E-state index contributed by atoms with van der Waals surface area (Å²) >= 11 is 0. The van der Waals surface area contributed by atoms with E-state index in [0.29, 0.717) is 18.9 Å². The predicted molar refractivity (Wildman–Crippen MR) is 65.1 cm³/mol. The summed E-state index contributed by atoms with van der Waals surface area (Å²) in [7, 11) is 0. The van der Waals surface area contributed by atoms with Crippen LogP contribution in [0.25, 0.3) is 0 Å². The highest BCUT2D eigenvalue weighted by Gasteiger charge is 2.23. The van der Waals surface area contributed by atoms with Crippen molar-refractivity contribution >= 4 is 0 Å². The second-order valence-corrected chi connectivity index (χ2v) is 4.63. The Hall–Kier alpha value is -0.670. The van der Waals surface area contributed by atoms with Gasteiger partial charge in [-0.1, -0.05) is 31.6 Å². The van der Waals surface area contributed by atoms with Crippen molar-refractivity contribution in [3.8, 4) is 0 Å². The molecule has 2 unspecified atom stereocenters. The molecule has 1 aliphatic carbocycles. The SMILES string of the molecule is CC(C)C1=CC=C(C(C)NCCO)C(F)C1. The maximum atomic E-state index is 13.9. The highest BCUT2D eigenvalue weighted by molar-refractivity contribution is 5.31. The highest BCUT2D eigenvalue weighted by Crippen LogP contribution is 2.28. The maximum absolute atomic E-state index is 13.9. The molecule has 1 aliphatic rings. The lowest BCUT2D eigenvalue weighted by Crippen LogP contribution is -2.34. The third-order valence-corrected chi connectivity index (χ3v) is 3.07. The van der Waals surface area contributed by atoms with Gasteiger partial charge in [0.05, 0.1) is 6.61 Å². The van der Waals surface area contributed by atoms with Crippen LogP contribution in [0.4, 0.5) is 4.39 Å². The van der Waals surface area contributed by atoms with Gasteiger partial charge >= 0.3 is 0 Å². The van der Waals surface area contributed by atoms with Gasteiger partial charge in [0.25, 0.3) is 0 Å². The monoisotopic (exact) mass is 227 g/mol. The molecule has 1 rings (SSSR count). The molecule has 0 fully saturated rings. The molecule has 0 saturated carbocycles. The number of allylic oxidation sites excluding steroid dienone is 3. The number of alkyl halides is 1. The molecule has 3 heteroatoms. The Kier molecular flexibility index (Phi) is 5.16. The Morgan fingerprint density at radius 3 is 2.62 bits per heavy atom. The molecule has 0 bridgehead atoms. The van der Waals surface area contributed by atoms with Crippen molar-refractivity contribution in [2.45, 2.75) is 39.4 Å². The molecule has 92 valence electrons. The van der Waals surface area contributed by atoms with Gasteiger partial charge in [0.1, 0.15) is 6.17 Å². The summed E-state index contributed by atoms with van der Waals surface area (Å²) in [5, 5.41) is 11.8. The van der Waals surface area contributed by atoms with Gasteiger partial charge in [0.15, 0.2) is 0 Å². The van der Waals surface area contributed by atoms with Crippen molar-refractivity contribution < 1.29 is 9.50 Å². The van der Waals surface area contributed by atoms with E-state index in [1.54, 1.807) is 0 Å². The maximum Gasteiger partial charge on any atom is 0.127 e. The molecule has 2 nitrogen and oxygen atoms in total. The van der Waals surface area contributed by atoms with Crippen LogP contribution >= 0.6 is 0 Å². The fraction of sp³-hybridized carbons (Fsp3) is 0.692. The molecule has 0 aliphatic heterocycles. The standard InChI is InChI=1S/C13H22FNO/c1-9(2)11-4-5-12(13(14)8-11)10(3)15-6-7-16/h4-5,9-10,13,15-16H,6-8H2,1-3H3. The summed E-state index contributed by atoms with van der Waals surface area (Å²) in [4.78, 5) is 0. The van der Waals surface area contributed by atoms with Crippen molar-refractivity contribution in [1.29, 1.82) is 0 Å². The van der Waals surface area contributed by atoms with Crippen LogP contribution in [0.5, 0.6) is 0 Å². The minimum absolute atomic E-state index is 0.00730. The zero-order valence-electron chi connectivity index (χ0n) is 10.3. The average Bonchev–Trinajstić information content (AvgIpc) is 2.25. The largest absolute Gasteiger partial charge is 0.395 e. The van der Waals surface area contributed by atoms with E-state index in [9.17, 15) is 4.39 Å². The van der Waals surface area contributed by atoms with Crippen LogP contribution in [0, 0.1) is 5.92 Å². The summed E-state index contributed by atoms with van der Waals surface area (Å²) in [6.07, 6.45) is 3.55. The topological polar surface area (TPSA) is 32.3 Å². The van der Waals surface area contributed by atoms with Gasteiger partial charge < -0.3 is 10.4 Å². The van der Waals surface area contributed by atoms with Gasteiger partial charge in [-0.3, -0.25) is 0 Å². The minimum atomic E-state index is -0.886. The van der Waals surface area contributed by atoms with Gasteiger partial charge in [0, 0.05) is 19.0 Å². The normalized spacial score (nSPS) is 23.0. The first-order chi connectivity index (χ1) is 7.56. The van der Waals surface area contributed by atoms with E-state index < -0.39 is 6.17 Å². The lowest BCUT2D eigenvalue weighted by atomic mass is 9.87. The predicted octanol–water partition coefficient (Wildman–Crippen LogP) is 2.21. The van der Waals surface area contributed by atoms with E-state index in [1.807, 2.05) is 19.1 Å². The van der Waals surface area contributed by atoms with Crippen LogP contribution in [-0.4, -0.2) is 30.5 Å². The Morgan fingerprint density at radius 2 is 2.12 bits per heavy atom. The number of hydrogen-bond donors (Lipinski definition) is 2. The zero-order valence-corrected chi connectivity index (χ0v) is 10.3. The minimum Gasteiger partial charge on any atom is -0.395 e. The van der Waals surface area contributed by atoms with Crippen LogP contribution in [0.3, 0.4) is 0 Å². The van der Waals surface area contributed by atoms with Gasteiger partial charge in [0.2, 0.25) is 0 Å². The van der Waals surface area contributed by atoms with Gasteiger partial charge in [-0.05, 0) is 18.4 Å². The van der Waals surface area contributed by atoms with Gasteiger partial charge in [-0.15, -0.1) is 0 Å². The molecule has 0 heterocycles. The number of halogens is 1. The van der Waals surface area contributed by atoms with Crippen LogP contribution < -0.4 is 5.32 Å². The number of nitrogens with one attached hydrogen (secondary N) is 1. The first kappa shape index (κ1) is 13.4. The molecule has 0 aromatic rings. The van der Waals surface area contributed by atoms with Crippen LogP contribution in [0.15, 0.2) is 23.3 Å². The fourth-order valence-corrected chi connectivity index (χ4v) is 1.94. The molecule has 0 amide bonds. The Balaban J connectivity index is 2.66. The van der Waals surface area contributed by atoms with Crippen molar-refractivity contribution in [3.63, 3.8) is 0 Å². The lowest BCUT2D eigenvalue weighted by molar-refractivity contribution is 0.282. The van der Waals surface area contributed by atoms with E-state index in [2.05, 4.69) is 19.2 Å². The van der Waals surface area contributed by atoms with E-state index in [-0.39, 0.29) is 12.6 Å². The Morgan fingerprint density at radius 1 is 1.44 bits per heavy atom. The number of aliphatic hydroxyl groups excluding tert-OH is 1. The van der Waals surface area contributed by atoms with Gasteiger partial charge in [-0.25, -0.2) is 4.39 Å². The first-order valence-corrected chi connectivity index (χ1v) is 5.95. The van der Waals surface area contributed by atoms with Crippen LogP contribution in [0.2, 0.25) is 0 Å². The third-order valence-electron chi connectivity index (χ3n) is 3.07. The van der Waals surface area contributed by atoms with Crippen LogP contribution in [0.1, 0.15) is 27.2 Å². The van der Waals surface area contributed by atoms with Crippen molar-refractivity contribution in [3.05, 3.63) is 23.3 Å². The second kappa shape index (κ2) is 6.16. The summed E-state index contributed by atoms with van der Waals surface area (Å²) in [5.41, 5.74) is 1.96. The molecule has 0 saturated heterocycles. The number of hydrogen-bond acceptors (Lipinski definition) is 2. The summed E-state index contributed by atoms with van der Waals surface area (Å²) in [6, 6.07) is -0.00730. The molecular weight excluding hydrogens is 205 g/mol. The molecule has 16 heavy (non-hydrogen) atoms. The molecule has 0 spiro atoms. The lowest BCUT2D eigenvalue weighted by Gasteiger charge is -2.25. The quantitative estimate of drug-likeness (QED) is 0.754. The van der Waals surface area contributed by atoms with E-state index in [4.69, 9.17) is 5.11 Å². The van der Waals surface area contributed by atoms with Crippen molar-refractivity contribution in [2.75, 3.05) is 13.2 Å². The summed E-state index contributed by atoms with van der Waals surface area (Å²) in [5.74, 6) is 0.414. The smallest absolute Gasteiger partial charge is 0.127 e. The number of aliphatic hydroxyl groups is 1. The molecule has 2 atom stereocenters. The van der Waals surface area contributed by atoms with Gasteiger partial charge in [-0.2, -0.15) is 0 Å². The summed E-state index contributed by atoms with van der Waals surface area (Å²) < 4.78 is 13.9. The Bertz CT molecular complexity index is 284. The van der Waals surface area contributed by atoms with E-state index >= 15 is 0 Å².